The second-order valence-electron chi connectivity index (χ2n) is 8.56. The zero-order valence-electron chi connectivity index (χ0n) is 18.2. The average Bonchev–Trinajstić information content (AvgIpc) is 3.34. The molecule has 2 atom stereocenters. The van der Waals surface area contributed by atoms with Crippen molar-refractivity contribution in [2.24, 2.45) is 0 Å². The Labute approximate surface area is 191 Å². The molecule has 4 aromatic rings. The van der Waals surface area contributed by atoms with Crippen LogP contribution in [0.1, 0.15) is 28.4 Å². The van der Waals surface area contributed by atoms with Gasteiger partial charge in [0, 0.05) is 23.0 Å². The maximum atomic E-state index is 13.7. The van der Waals surface area contributed by atoms with Crippen LogP contribution < -0.4 is 4.74 Å². The van der Waals surface area contributed by atoms with Gasteiger partial charge in [0.2, 0.25) is 0 Å². The molecule has 0 bridgehead atoms. The molecule has 1 aromatic heterocycles. The Morgan fingerprint density at radius 2 is 1.67 bits per heavy atom. The maximum absolute atomic E-state index is 13.7. The molecule has 0 aliphatic carbocycles. The minimum absolute atomic E-state index is 0.140. The molecule has 0 spiro atoms. The summed E-state index contributed by atoms with van der Waals surface area (Å²) in [5.41, 5.74) is 4.97. The van der Waals surface area contributed by atoms with Crippen LogP contribution in [0.15, 0.2) is 78.9 Å². The highest BCUT2D eigenvalue weighted by molar-refractivity contribution is 6.05. The number of methoxy groups -OCH3 is 1. The van der Waals surface area contributed by atoms with E-state index in [2.05, 4.69) is 11.1 Å². The van der Waals surface area contributed by atoms with Crippen molar-refractivity contribution in [1.82, 2.24) is 14.8 Å². The number of hydrogen-bond acceptors (Lipinski definition) is 3. The molecule has 6 heteroatoms. The SMILES string of the molecule is COc1ccc([C@H]2c3[nH]c4ccccc4c3C[C@@H]3C(=O)N(Cc4ccccc4)C(=O)N23)cc1. The van der Waals surface area contributed by atoms with Crippen LogP contribution in [0.3, 0.4) is 0 Å². The number of nitrogens with zero attached hydrogens (tertiary/aromatic N) is 2. The van der Waals surface area contributed by atoms with Crippen LogP contribution in [-0.4, -0.2) is 39.9 Å². The van der Waals surface area contributed by atoms with Crippen LogP contribution in [0.4, 0.5) is 4.79 Å². The van der Waals surface area contributed by atoms with E-state index in [1.807, 2.05) is 72.8 Å². The predicted octanol–water partition coefficient (Wildman–Crippen LogP) is 4.66. The molecule has 2 aliphatic heterocycles. The summed E-state index contributed by atoms with van der Waals surface area (Å²) >= 11 is 0. The zero-order chi connectivity index (χ0) is 22.5. The first-order valence-corrected chi connectivity index (χ1v) is 11.1. The number of H-pyrrole nitrogens is 1. The van der Waals surface area contributed by atoms with Gasteiger partial charge in [-0.15, -0.1) is 0 Å². The van der Waals surface area contributed by atoms with Gasteiger partial charge in [0.1, 0.15) is 17.8 Å². The molecule has 6 rings (SSSR count). The summed E-state index contributed by atoms with van der Waals surface area (Å²) in [5, 5.41) is 1.10. The zero-order valence-corrected chi connectivity index (χ0v) is 18.2. The Morgan fingerprint density at radius 1 is 0.939 bits per heavy atom. The molecular weight excluding hydrogens is 414 g/mol. The lowest BCUT2D eigenvalue weighted by Gasteiger charge is -2.36. The lowest BCUT2D eigenvalue weighted by Crippen LogP contribution is -2.44. The van der Waals surface area contributed by atoms with Crippen LogP contribution in [-0.2, 0) is 17.8 Å². The van der Waals surface area contributed by atoms with E-state index in [1.54, 1.807) is 12.0 Å². The second kappa shape index (κ2) is 7.52. The summed E-state index contributed by atoms with van der Waals surface area (Å²) in [7, 11) is 1.63. The number of carbonyl (C=O) groups excluding carboxylic acids is 2. The van der Waals surface area contributed by atoms with Crippen molar-refractivity contribution in [1.29, 1.82) is 0 Å². The van der Waals surface area contributed by atoms with E-state index in [4.69, 9.17) is 4.74 Å². The number of fused-ring (bicyclic) bond motifs is 4. The van der Waals surface area contributed by atoms with Crippen LogP contribution in [0.2, 0.25) is 0 Å². The second-order valence-corrected chi connectivity index (χ2v) is 8.56. The molecule has 0 unspecified atom stereocenters. The fraction of sp³-hybridized carbons (Fsp3) is 0.185. The molecule has 3 aromatic carbocycles. The van der Waals surface area contributed by atoms with Gasteiger partial charge in [0.15, 0.2) is 0 Å². The summed E-state index contributed by atoms with van der Waals surface area (Å²) in [4.78, 5) is 33.9. The number of benzene rings is 3. The van der Waals surface area contributed by atoms with Crippen LogP contribution >= 0.6 is 0 Å². The van der Waals surface area contributed by atoms with E-state index in [0.717, 1.165) is 39.0 Å². The van der Waals surface area contributed by atoms with E-state index in [9.17, 15) is 9.59 Å². The van der Waals surface area contributed by atoms with Gasteiger partial charge in [0.05, 0.1) is 13.7 Å². The third-order valence-corrected chi connectivity index (χ3v) is 6.75. The third-order valence-electron chi connectivity index (χ3n) is 6.75. The number of nitrogens with one attached hydrogen (secondary N) is 1. The number of para-hydroxylation sites is 1. The molecule has 33 heavy (non-hydrogen) atoms. The van der Waals surface area contributed by atoms with E-state index in [-0.39, 0.29) is 24.5 Å². The summed E-state index contributed by atoms with van der Waals surface area (Å²) in [6.07, 6.45) is 0.502. The van der Waals surface area contributed by atoms with Gasteiger partial charge in [-0.25, -0.2) is 4.79 Å². The smallest absolute Gasteiger partial charge is 0.328 e. The predicted molar refractivity (Wildman–Crippen MR) is 125 cm³/mol. The Morgan fingerprint density at radius 3 is 2.42 bits per heavy atom. The molecule has 3 amide bonds. The van der Waals surface area contributed by atoms with Crippen molar-refractivity contribution in [2.45, 2.75) is 25.0 Å². The van der Waals surface area contributed by atoms with Crippen molar-refractivity contribution in [2.75, 3.05) is 7.11 Å². The Bertz CT molecular complexity index is 1360. The molecule has 2 aliphatic rings. The van der Waals surface area contributed by atoms with E-state index < -0.39 is 6.04 Å². The lowest BCUT2D eigenvalue weighted by atomic mass is 9.89. The fourth-order valence-electron chi connectivity index (χ4n) is 5.17. The number of aromatic nitrogens is 1. The third kappa shape index (κ3) is 3.02. The molecule has 3 heterocycles. The van der Waals surface area contributed by atoms with Crippen molar-refractivity contribution in [3.8, 4) is 5.75 Å². The van der Waals surface area contributed by atoms with Gasteiger partial charge < -0.3 is 9.72 Å². The van der Waals surface area contributed by atoms with Gasteiger partial charge in [-0.05, 0) is 34.9 Å². The van der Waals surface area contributed by atoms with Gasteiger partial charge >= 0.3 is 6.03 Å². The normalized spacial score (nSPS) is 19.7. The standard InChI is InChI=1S/C27H23N3O3/c1-33-19-13-11-18(12-14-19)25-24-21(20-9-5-6-10-22(20)28-24)15-23-26(31)29(27(32)30(23)25)16-17-7-3-2-4-8-17/h2-14,23,25,28H,15-16H2,1H3/t23-,25+/m1/s1. The minimum Gasteiger partial charge on any atom is -0.497 e. The highest BCUT2D eigenvalue weighted by atomic mass is 16.5. The van der Waals surface area contributed by atoms with Crippen molar-refractivity contribution >= 4 is 22.8 Å². The molecule has 1 N–H and O–H groups in total. The van der Waals surface area contributed by atoms with Crippen molar-refractivity contribution in [3.63, 3.8) is 0 Å². The van der Waals surface area contributed by atoms with Crippen LogP contribution in [0.5, 0.6) is 5.75 Å². The Kier molecular flexibility index (Phi) is 4.47. The Balaban J connectivity index is 1.48. The first kappa shape index (κ1) is 19.6. The molecule has 0 radical (unpaired) electrons. The summed E-state index contributed by atoms with van der Waals surface area (Å²) in [5.74, 6) is 0.607. The topological polar surface area (TPSA) is 65.6 Å². The Hall–Kier alpha value is -4.06. The van der Waals surface area contributed by atoms with Crippen molar-refractivity contribution in [3.05, 3.63) is 101 Å². The van der Waals surface area contributed by atoms with Crippen molar-refractivity contribution < 1.29 is 14.3 Å². The number of amides is 3. The summed E-state index contributed by atoms with van der Waals surface area (Å²) < 4.78 is 5.33. The molecule has 1 saturated heterocycles. The number of rotatable bonds is 4. The van der Waals surface area contributed by atoms with Gasteiger partial charge in [-0.1, -0.05) is 60.7 Å². The number of carbonyl (C=O) groups is 2. The number of aromatic amines is 1. The van der Waals surface area contributed by atoms with E-state index in [1.165, 1.54) is 4.90 Å². The minimum atomic E-state index is -0.528. The summed E-state index contributed by atoms with van der Waals surface area (Å²) in [6.45, 7) is 0.273. The monoisotopic (exact) mass is 437 g/mol. The molecule has 6 nitrogen and oxygen atoms in total. The highest BCUT2D eigenvalue weighted by Crippen LogP contribution is 2.44. The summed E-state index contributed by atoms with van der Waals surface area (Å²) in [6, 6.07) is 24.3. The van der Waals surface area contributed by atoms with Crippen LogP contribution in [0, 0.1) is 0 Å². The number of hydrogen-bond donors (Lipinski definition) is 1. The molecule has 0 saturated carbocycles. The highest BCUT2D eigenvalue weighted by Gasteiger charge is 2.52. The average molecular weight is 437 g/mol. The maximum Gasteiger partial charge on any atom is 0.328 e. The van der Waals surface area contributed by atoms with E-state index >= 15 is 0 Å². The van der Waals surface area contributed by atoms with Gasteiger partial charge in [-0.3, -0.25) is 14.6 Å². The number of urea groups is 1. The first-order valence-electron chi connectivity index (χ1n) is 11.1. The largest absolute Gasteiger partial charge is 0.497 e. The van der Waals surface area contributed by atoms with Crippen LogP contribution in [0.25, 0.3) is 10.9 Å². The molecule has 164 valence electrons. The molecular formula is C27H23N3O3. The van der Waals surface area contributed by atoms with Gasteiger partial charge in [-0.2, -0.15) is 0 Å². The number of ether oxygens (including phenoxy) is 1. The number of imide groups is 1. The fourth-order valence-corrected chi connectivity index (χ4v) is 5.17. The lowest BCUT2D eigenvalue weighted by molar-refractivity contribution is -0.129. The van der Waals surface area contributed by atoms with Gasteiger partial charge in [0.25, 0.3) is 5.91 Å². The first-order chi connectivity index (χ1) is 16.2. The molecule has 1 fully saturated rings. The van der Waals surface area contributed by atoms with E-state index in [0.29, 0.717) is 6.42 Å². The quantitative estimate of drug-likeness (QED) is 0.473.